The maximum Gasteiger partial charge on any atom is 0.323 e. The number of rotatable bonds is 6. The number of carboxylic acid groups (broad SMARTS) is 1. The third kappa shape index (κ3) is 3.20. The summed E-state index contributed by atoms with van der Waals surface area (Å²) in [6.07, 6.45) is 2.61. The van der Waals surface area contributed by atoms with Crippen LogP contribution in [0, 0.1) is 5.92 Å². The van der Waals surface area contributed by atoms with Crippen molar-refractivity contribution < 1.29 is 14.7 Å². The van der Waals surface area contributed by atoms with Crippen LogP contribution in [-0.4, -0.2) is 40.5 Å². The van der Waals surface area contributed by atoms with Crippen molar-refractivity contribution in [3.8, 4) is 0 Å². The summed E-state index contributed by atoms with van der Waals surface area (Å²) in [4.78, 5) is 24.1. The van der Waals surface area contributed by atoms with Gasteiger partial charge in [0.2, 0.25) is 5.91 Å². The van der Waals surface area contributed by atoms with Crippen molar-refractivity contribution in [1.82, 2.24) is 4.90 Å². The summed E-state index contributed by atoms with van der Waals surface area (Å²) in [5.74, 6) is -1.11. The molecule has 1 amide bonds. The van der Waals surface area contributed by atoms with Crippen LogP contribution in [0.1, 0.15) is 33.1 Å². The van der Waals surface area contributed by atoms with Gasteiger partial charge >= 0.3 is 5.97 Å². The molecule has 3 N–H and O–H groups in total. The fourth-order valence-corrected chi connectivity index (χ4v) is 1.61. The van der Waals surface area contributed by atoms with Crippen LogP contribution in [0.25, 0.3) is 0 Å². The fourth-order valence-electron chi connectivity index (χ4n) is 1.61. The number of hydrogen-bond donors (Lipinski definition) is 2. The average molecular weight is 228 g/mol. The van der Waals surface area contributed by atoms with Gasteiger partial charge in [-0.05, 0) is 18.8 Å². The van der Waals surface area contributed by atoms with Crippen molar-refractivity contribution in [2.75, 3.05) is 6.54 Å². The normalized spacial score (nSPS) is 18.9. The van der Waals surface area contributed by atoms with Crippen LogP contribution in [0.2, 0.25) is 0 Å². The Morgan fingerprint density at radius 2 is 2.06 bits per heavy atom. The number of hydrogen-bond acceptors (Lipinski definition) is 3. The second kappa shape index (κ2) is 5.30. The molecule has 92 valence electrons. The number of carbonyl (C=O) groups is 2. The molecule has 0 radical (unpaired) electrons. The summed E-state index contributed by atoms with van der Waals surface area (Å²) in [7, 11) is 0. The minimum atomic E-state index is -0.975. The average Bonchev–Trinajstić information content (AvgIpc) is 3.06. The van der Waals surface area contributed by atoms with Crippen LogP contribution in [0.15, 0.2) is 0 Å². The molecule has 0 spiro atoms. The number of carboxylic acids is 1. The third-order valence-electron chi connectivity index (χ3n) is 3.12. The molecule has 1 aliphatic rings. The van der Waals surface area contributed by atoms with E-state index in [1.165, 1.54) is 4.90 Å². The minimum absolute atomic E-state index is 0.0857. The van der Waals surface area contributed by atoms with E-state index < -0.39 is 12.0 Å². The molecule has 0 aromatic rings. The highest BCUT2D eigenvalue weighted by Gasteiger charge is 2.36. The summed E-state index contributed by atoms with van der Waals surface area (Å²) in [5.41, 5.74) is 5.83. The highest BCUT2D eigenvalue weighted by molar-refractivity contribution is 5.86. The van der Waals surface area contributed by atoms with Crippen molar-refractivity contribution in [3.63, 3.8) is 0 Å². The predicted molar refractivity (Wildman–Crippen MR) is 59.8 cm³/mol. The van der Waals surface area contributed by atoms with Gasteiger partial charge < -0.3 is 15.7 Å². The highest BCUT2D eigenvalue weighted by atomic mass is 16.4. The maximum atomic E-state index is 12.0. The van der Waals surface area contributed by atoms with Gasteiger partial charge in [0.05, 0.1) is 6.04 Å². The molecule has 0 aliphatic heterocycles. The van der Waals surface area contributed by atoms with E-state index in [0.717, 1.165) is 19.3 Å². The lowest BCUT2D eigenvalue weighted by molar-refractivity contribution is -0.146. The van der Waals surface area contributed by atoms with E-state index >= 15 is 0 Å². The van der Waals surface area contributed by atoms with E-state index in [0.29, 0.717) is 0 Å². The molecule has 16 heavy (non-hydrogen) atoms. The molecule has 0 aromatic heterocycles. The largest absolute Gasteiger partial charge is 0.480 e. The zero-order valence-electron chi connectivity index (χ0n) is 9.85. The van der Waals surface area contributed by atoms with E-state index in [9.17, 15) is 9.59 Å². The van der Waals surface area contributed by atoms with Gasteiger partial charge in [0.25, 0.3) is 0 Å². The molecular weight excluding hydrogens is 208 g/mol. The van der Waals surface area contributed by atoms with Crippen molar-refractivity contribution in [1.29, 1.82) is 0 Å². The van der Waals surface area contributed by atoms with Gasteiger partial charge in [-0.15, -0.1) is 0 Å². The van der Waals surface area contributed by atoms with Crippen molar-refractivity contribution >= 4 is 11.9 Å². The van der Waals surface area contributed by atoms with E-state index in [-0.39, 0.29) is 24.4 Å². The standard InChI is InChI=1S/C11H20N2O3/c1-3-7(2)10(12)11(16)13(6-9(14)15)8-4-5-8/h7-8,10H,3-6,12H2,1-2H3,(H,14,15). The number of amides is 1. The number of carbonyl (C=O) groups excluding carboxylic acids is 1. The van der Waals surface area contributed by atoms with Gasteiger partial charge in [-0.3, -0.25) is 9.59 Å². The molecule has 5 nitrogen and oxygen atoms in total. The monoisotopic (exact) mass is 228 g/mol. The van der Waals surface area contributed by atoms with Crippen LogP contribution in [0.4, 0.5) is 0 Å². The summed E-state index contributed by atoms with van der Waals surface area (Å²) in [6, 6.07) is -0.483. The Morgan fingerprint density at radius 3 is 2.44 bits per heavy atom. The second-order valence-electron chi connectivity index (χ2n) is 4.50. The Labute approximate surface area is 95.6 Å². The van der Waals surface area contributed by atoms with Crippen LogP contribution >= 0.6 is 0 Å². The lowest BCUT2D eigenvalue weighted by atomic mass is 9.99. The lowest BCUT2D eigenvalue weighted by Crippen LogP contribution is -2.49. The number of aliphatic carboxylic acids is 1. The molecular formula is C11H20N2O3. The maximum absolute atomic E-state index is 12.0. The molecule has 0 heterocycles. The van der Waals surface area contributed by atoms with Crippen LogP contribution in [0.5, 0.6) is 0 Å². The molecule has 1 fully saturated rings. The van der Waals surface area contributed by atoms with Crippen molar-refractivity contribution in [2.45, 2.75) is 45.2 Å². The van der Waals surface area contributed by atoms with Crippen molar-refractivity contribution in [3.05, 3.63) is 0 Å². The molecule has 1 saturated carbocycles. The zero-order valence-corrected chi connectivity index (χ0v) is 9.85. The van der Waals surface area contributed by atoms with E-state index in [1.807, 2.05) is 13.8 Å². The SMILES string of the molecule is CCC(C)C(N)C(=O)N(CC(=O)O)C1CC1. The zero-order chi connectivity index (χ0) is 12.3. The smallest absolute Gasteiger partial charge is 0.323 e. The van der Waals surface area contributed by atoms with E-state index in [1.54, 1.807) is 0 Å². The first-order valence-corrected chi connectivity index (χ1v) is 5.75. The fraction of sp³-hybridized carbons (Fsp3) is 0.818. The van der Waals surface area contributed by atoms with Gasteiger partial charge in [0.1, 0.15) is 6.54 Å². The molecule has 0 bridgehead atoms. The van der Waals surface area contributed by atoms with Gasteiger partial charge in [-0.2, -0.15) is 0 Å². The first-order valence-electron chi connectivity index (χ1n) is 5.75. The lowest BCUT2D eigenvalue weighted by Gasteiger charge is -2.26. The predicted octanol–water partition coefficient (Wildman–Crippen LogP) is 0.435. The summed E-state index contributed by atoms with van der Waals surface area (Å²) < 4.78 is 0. The Bertz CT molecular complexity index is 276. The number of nitrogens with zero attached hydrogens (tertiary/aromatic N) is 1. The van der Waals surface area contributed by atoms with Crippen LogP contribution < -0.4 is 5.73 Å². The van der Waals surface area contributed by atoms with Gasteiger partial charge in [-0.25, -0.2) is 0 Å². The first-order chi connectivity index (χ1) is 7.47. The molecule has 5 heteroatoms. The summed E-state index contributed by atoms with van der Waals surface area (Å²) >= 11 is 0. The topological polar surface area (TPSA) is 83.6 Å². The van der Waals surface area contributed by atoms with E-state index in [4.69, 9.17) is 10.8 Å². The highest BCUT2D eigenvalue weighted by Crippen LogP contribution is 2.27. The molecule has 2 atom stereocenters. The minimum Gasteiger partial charge on any atom is -0.480 e. The first kappa shape index (κ1) is 13.0. The third-order valence-corrected chi connectivity index (χ3v) is 3.12. The molecule has 1 rings (SSSR count). The molecule has 0 aromatic carbocycles. The Kier molecular flexibility index (Phi) is 4.29. The summed E-state index contributed by atoms with van der Waals surface area (Å²) in [6.45, 7) is 3.65. The Hall–Kier alpha value is -1.10. The van der Waals surface area contributed by atoms with Crippen LogP contribution in [0.3, 0.4) is 0 Å². The Morgan fingerprint density at radius 1 is 1.50 bits per heavy atom. The van der Waals surface area contributed by atoms with Gasteiger partial charge in [0.15, 0.2) is 0 Å². The van der Waals surface area contributed by atoms with Gasteiger partial charge in [0, 0.05) is 6.04 Å². The number of nitrogens with two attached hydrogens (primary N) is 1. The Balaban J connectivity index is 2.63. The van der Waals surface area contributed by atoms with E-state index in [2.05, 4.69) is 0 Å². The molecule has 0 saturated heterocycles. The molecule has 2 unspecified atom stereocenters. The van der Waals surface area contributed by atoms with Crippen LogP contribution in [-0.2, 0) is 9.59 Å². The molecule has 1 aliphatic carbocycles. The van der Waals surface area contributed by atoms with Crippen molar-refractivity contribution in [2.24, 2.45) is 11.7 Å². The second-order valence-corrected chi connectivity index (χ2v) is 4.50. The summed E-state index contributed by atoms with van der Waals surface area (Å²) in [5, 5.41) is 8.75. The van der Waals surface area contributed by atoms with Gasteiger partial charge in [-0.1, -0.05) is 20.3 Å². The quantitative estimate of drug-likeness (QED) is 0.690.